The molecule has 4 unspecified atom stereocenters. The number of nitrogens with zero attached hydrogens (tertiary/aromatic N) is 1. The third-order valence-corrected chi connectivity index (χ3v) is 5.15. The van der Waals surface area contributed by atoms with Crippen LogP contribution in [0, 0.1) is 5.92 Å². The molecule has 2 fully saturated rings. The number of nitrogens with one attached hydrogen (secondary N) is 1. The maximum absolute atomic E-state index is 12.7. The molecule has 2 aliphatic rings. The van der Waals surface area contributed by atoms with Gasteiger partial charge in [0.2, 0.25) is 5.91 Å². The van der Waals surface area contributed by atoms with Crippen molar-refractivity contribution in [2.75, 3.05) is 0 Å². The fourth-order valence-corrected chi connectivity index (χ4v) is 3.97. The normalized spacial score (nSPS) is 32.9. The van der Waals surface area contributed by atoms with Gasteiger partial charge in [0, 0.05) is 6.04 Å². The number of aryl methyl sites for hydroxylation is 1. The van der Waals surface area contributed by atoms with Gasteiger partial charge >= 0.3 is 0 Å². The summed E-state index contributed by atoms with van der Waals surface area (Å²) in [6, 6.07) is 10.9. The molecule has 3 rings (SSSR count). The highest BCUT2D eigenvalue weighted by molar-refractivity contribution is 5.84. The first-order valence-corrected chi connectivity index (χ1v) is 8.29. The van der Waals surface area contributed by atoms with Gasteiger partial charge in [0.15, 0.2) is 0 Å². The smallest absolute Gasteiger partial charge is 0.241 e. The van der Waals surface area contributed by atoms with E-state index in [1.165, 1.54) is 24.8 Å². The predicted octanol–water partition coefficient (Wildman–Crippen LogP) is 2.95. The molecular weight excluding hydrogens is 260 g/mol. The molecule has 1 aromatic rings. The molecule has 1 heterocycles. The summed E-state index contributed by atoms with van der Waals surface area (Å²) in [6.45, 7) is 4.42. The lowest BCUT2D eigenvalue weighted by Crippen LogP contribution is -2.44. The zero-order valence-corrected chi connectivity index (χ0v) is 13.1. The van der Waals surface area contributed by atoms with Crippen molar-refractivity contribution in [1.82, 2.24) is 10.2 Å². The first-order chi connectivity index (χ1) is 10.2. The largest absolute Gasteiger partial charge is 0.323 e. The highest BCUT2D eigenvalue weighted by atomic mass is 16.2. The minimum absolute atomic E-state index is 0.00648. The van der Waals surface area contributed by atoms with Crippen LogP contribution >= 0.6 is 0 Å². The van der Waals surface area contributed by atoms with Gasteiger partial charge in [0.25, 0.3) is 0 Å². The standard InChI is InChI=1S/C18H26N2O/c1-13-7-6-10-17(13)20-14(2)19-16(18(20)21)12-11-15-8-4-3-5-9-15/h3-5,8-9,13-14,16-17,19H,6-7,10-12H2,1-2H3. The van der Waals surface area contributed by atoms with E-state index in [-0.39, 0.29) is 12.2 Å². The molecule has 1 aliphatic carbocycles. The Labute approximate surface area is 127 Å². The van der Waals surface area contributed by atoms with E-state index >= 15 is 0 Å². The van der Waals surface area contributed by atoms with Crippen molar-refractivity contribution in [1.29, 1.82) is 0 Å². The third kappa shape index (κ3) is 2.98. The fourth-order valence-electron chi connectivity index (χ4n) is 3.97. The van der Waals surface area contributed by atoms with Crippen molar-refractivity contribution >= 4 is 5.91 Å². The van der Waals surface area contributed by atoms with Crippen LogP contribution in [0.5, 0.6) is 0 Å². The van der Waals surface area contributed by atoms with Crippen LogP contribution < -0.4 is 5.32 Å². The molecule has 0 radical (unpaired) electrons. The summed E-state index contributed by atoms with van der Waals surface area (Å²) in [7, 11) is 0. The molecule has 21 heavy (non-hydrogen) atoms. The number of amides is 1. The van der Waals surface area contributed by atoms with Gasteiger partial charge in [0.1, 0.15) is 0 Å². The van der Waals surface area contributed by atoms with Crippen molar-refractivity contribution in [2.45, 2.75) is 64.2 Å². The number of hydrogen-bond acceptors (Lipinski definition) is 2. The summed E-state index contributed by atoms with van der Waals surface area (Å²) in [5.74, 6) is 0.961. The van der Waals surface area contributed by atoms with E-state index in [1.54, 1.807) is 0 Å². The zero-order valence-electron chi connectivity index (χ0n) is 13.1. The van der Waals surface area contributed by atoms with Crippen LogP contribution in [-0.2, 0) is 11.2 Å². The van der Waals surface area contributed by atoms with Gasteiger partial charge in [0.05, 0.1) is 12.2 Å². The lowest BCUT2D eigenvalue weighted by molar-refractivity contribution is -0.132. The SMILES string of the molecule is CC1CCCC1N1C(=O)C(CCc2ccccc2)NC1C. The summed E-state index contributed by atoms with van der Waals surface area (Å²) in [6.07, 6.45) is 5.73. The number of hydrogen-bond donors (Lipinski definition) is 1. The van der Waals surface area contributed by atoms with E-state index in [1.807, 2.05) is 6.07 Å². The van der Waals surface area contributed by atoms with E-state index in [4.69, 9.17) is 0 Å². The van der Waals surface area contributed by atoms with Crippen molar-refractivity contribution < 1.29 is 4.79 Å². The van der Waals surface area contributed by atoms with Gasteiger partial charge in [-0.25, -0.2) is 0 Å². The van der Waals surface area contributed by atoms with Gasteiger partial charge in [-0.2, -0.15) is 0 Å². The van der Waals surface area contributed by atoms with E-state index in [2.05, 4.69) is 48.3 Å². The first kappa shape index (κ1) is 14.6. The highest BCUT2D eigenvalue weighted by Gasteiger charge is 2.42. The zero-order chi connectivity index (χ0) is 14.8. The molecule has 114 valence electrons. The minimum Gasteiger partial charge on any atom is -0.323 e. The van der Waals surface area contributed by atoms with Crippen LogP contribution in [0.1, 0.15) is 45.1 Å². The minimum atomic E-state index is -0.00648. The molecule has 1 aromatic carbocycles. The summed E-state index contributed by atoms with van der Waals surface area (Å²) in [5.41, 5.74) is 1.31. The van der Waals surface area contributed by atoms with Gasteiger partial charge in [-0.15, -0.1) is 0 Å². The second-order valence-electron chi connectivity index (χ2n) is 6.64. The molecule has 4 atom stereocenters. The molecule has 0 bridgehead atoms. The van der Waals surface area contributed by atoms with Gasteiger partial charge in [-0.05, 0) is 44.1 Å². The third-order valence-electron chi connectivity index (χ3n) is 5.15. The average Bonchev–Trinajstić information content (AvgIpc) is 3.01. The van der Waals surface area contributed by atoms with Crippen molar-refractivity contribution in [2.24, 2.45) is 5.92 Å². The van der Waals surface area contributed by atoms with Gasteiger partial charge in [-0.1, -0.05) is 43.7 Å². The number of carbonyl (C=O) groups is 1. The first-order valence-electron chi connectivity index (χ1n) is 8.29. The van der Waals surface area contributed by atoms with E-state index in [0.29, 0.717) is 17.9 Å². The summed E-state index contributed by atoms with van der Waals surface area (Å²) in [4.78, 5) is 14.9. The molecule has 1 N–H and O–H groups in total. The average molecular weight is 286 g/mol. The Balaban J connectivity index is 1.62. The summed E-state index contributed by atoms with van der Waals surface area (Å²) in [5, 5.41) is 3.50. The number of rotatable bonds is 4. The lowest BCUT2D eigenvalue weighted by Gasteiger charge is -2.31. The summed E-state index contributed by atoms with van der Waals surface area (Å²) < 4.78 is 0. The Morgan fingerprint density at radius 3 is 2.62 bits per heavy atom. The molecule has 3 heteroatoms. The second-order valence-corrected chi connectivity index (χ2v) is 6.64. The lowest BCUT2D eigenvalue weighted by atomic mass is 10.0. The molecular formula is C18H26N2O. The van der Waals surface area contributed by atoms with Crippen LogP contribution in [0.25, 0.3) is 0 Å². The molecule has 0 spiro atoms. The van der Waals surface area contributed by atoms with Crippen LogP contribution in [0.4, 0.5) is 0 Å². The van der Waals surface area contributed by atoms with Gasteiger partial charge < -0.3 is 4.90 Å². The molecule has 1 saturated carbocycles. The van der Waals surface area contributed by atoms with Crippen LogP contribution in [0.2, 0.25) is 0 Å². The molecule has 1 saturated heterocycles. The second kappa shape index (κ2) is 6.18. The predicted molar refractivity (Wildman–Crippen MR) is 84.8 cm³/mol. The molecule has 1 amide bonds. The van der Waals surface area contributed by atoms with Crippen LogP contribution in [0.15, 0.2) is 30.3 Å². The quantitative estimate of drug-likeness (QED) is 0.923. The summed E-state index contributed by atoms with van der Waals surface area (Å²) >= 11 is 0. The Morgan fingerprint density at radius 2 is 1.95 bits per heavy atom. The van der Waals surface area contributed by atoms with Crippen molar-refractivity contribution in [3.05, 3.63) is 35.9 Å². The van der Waals surface area contributed by atoms with Crippen LogP contribution in [-0.4, -0.2) is 29.1 Å². The number of benzene rings is 1. The molecule has 1 aliphatic heterocycles. The number of carbonyl (C=O) groups excluding carboxylic acids is 1. The van der Waals surface area contributed by atoms with Crippen LogP contribution in [0.3, 0.4) is 0 Å². The van der Waals surface area contributed by atoms with E-state index < -0.39 is 0 Å². The molecule has 3 nitrogen and oxygen atoms in total. The maximum atomic E-state index is 12.7. The van der Waals surface area contributed by atoms with E-state index in [9.17, 15) is 4.79 Å². The van der Waals surface area contributed by atoms with Crippen molar-refractivity contribution in [3.63, 3.8) is 0 Å². The highest BCUT2D eigenvalue weighted by Crippen LogP contribution is 2.33. The maximum Gasteiger partial charge on any atom is 0.241 e. The van der Waals surface area contributed by atoms with E-state index in [0.717, 1.165) is 12.8 Å². The monoisotopic (exact) mass is 286 g/mol. The van der Waals surface area contributed by atoms with Crippen molar-refractivity contribution in [3.8, 4) is 0 Å². The Hall–Kier alpha value is -1.35. The Kier molecular flexibility index (Phi) is 4.29. The molecule has 0 aromatic heterocycles. The Morgan fingerprint density at radius 1 is 1.19 bits per heavy atom. The van der Waals surface area contributed by atoms with Gasteiger partial charge in [-0.3, -0.25) is 10.1 Å². The Bertz CT molecular complexity index is 487. The fraction of sp³-hybridized carbons (Fsp3) is 0.611. The topological polar surface area (TPSA) is 32.3 Å².